The molecular formula is C13H20FN. The normalized spacial score (nSPS) is 15.3. The smallest absolute Gasteiger partial charge is 0.145 e. The van der Waals surface area contributed by atoms with Gasteiger partial charge in [-0.05, 0) is 30.4 Å². The van der Waals surface area contributed by atoms with Gasteiger partial charge < -0.3 is 5.73 Å². The molecule has 1 aromatic rings. The van der Waals surface area contributed by atoms with Crippen LogP contribution in [0, 0.1) is 5.92 Å². The van der Waals surface area contributed by atoms with Gasteiger partial charge in [0.1, 0.15) is 5.67 Å². The second kappa shape index (κ2) is 4.75. The highest BCUT2D eigenvalue weighted by atomic mass is 19.1. The molecule has 1 rings (SSSR count). The van der Waals surface area contributed by atoms with Crippen molar-refractivity contribution in [3.8, 4) is 0 Å². The van der Waals surface area contributed by atoms with Crippen molar-refractivity contribution in [3.63, 3.8) is 0 Å². The molecule has 1 atom stereocenters. The van der Waals surface area contributed by atoms with Gasteiger partial charge in [0.25, 0.3) is 0 Å². The van der Waals surface area contributed by atoms with Gasteiger partial charge in [0.15, 0.2) is 0 Å². The Morgan fingerprint density at radius 3 is 2.60 bits per heavy atom. The van der Waals surface area contributed by atoms with E-state index in [0.717, 1.165) is 6.42 Å². The molecule has 1 nitrogen and oxygen atoms in total. The summed E-state index contributed by atoms with van der Waals surface area (Å²) in [6.07, 6.45) is 0.981. The summed E-state index contributed by atoms with van der Waals surface area (Å²) in [5.74, 6) is 0.587. The quantitative estimate of drug-likeness (QED) is 0.810. The lowest BCUT2D eigenvalue weighted by Gasteiger charge is -2.19. The fraction of sp³-hybridized carbons (Fsp3) is 0.538. The standard InChI is InChI=1S/C13H20FN/c1-10(2)7-11-5-4-6-12(8-11)13(3,14)9-15/h4-6,8,10H,7,9,15H2,1-3H3. The molecule has 2 heteroatoms. The van der Waals surface area contributed by atoms with E-state index in [-0.39, 0.29) is 6.54 Å². The summed E-state index contributed by atoms with van der Waals surface area (Å²) in [5, 5.41) is 0. The fourth-order valence-corrected chi connectivity index (χ4v) is 1.61. The van der Waals surface area contributed by atoms with Gasteiger partial charge in [0.2, 0.25) is 0 Å². The summed E-state index contributed by atoms with van der Waals surface area (Å²) in [4.78, 5) is 0. The first-order valence-electron chi connectivity index (χ1n) is 5.44. The first-order valence-corrected chi connectivity index (χ1v) is 5.44. The van der Waals surface area contributed by atoms with Crippen LogP contribution in [0.5, 0.6) is 0 Å². The average molecular weight is 209 g/mol. The van der Waals surface area contributed by atoms with Gasteiger partial charge in [0.05, 0.1) is 0 Å². The molecule has 0 spiro atoms. The Labute approximate surface area is 91.5 Å². The second-order valence-corrected chi connectivity index (χ2v) is 4.70. The van der Waals surface area contributed by atoms with Gasteiger partial charge in [-0.1, -0.05) is 38.1 Å². The molecule has 0 bridgehead atoms. The Balaban J connectivity index is 2.92. The first kappa shape index (κ1) is 12.2. The third-order valence-corrected chi connectivity index (χ3v) is 2.56. The maximum absolute atomic E-state index is 13.9. The Bertz CT molecular complexity index is 318. The van der Waals surface area contributed by atoms with Gasteiger partial charge in [-0.2, -0.15) is 0 Å². The van der Waals surface area contributed by atoms with E-state index < -0.39 is 5.67 Å². The van der Waals surface area contributed by atoms with Crippen molar-refractivity contribution in [2.75, 3.05) is 6.54 Å². The van der Waals surface area contributed by atoms with E-state index >= 15 is 0 Å². The number of hydrogen-bond acceptors (Lipinski definition) is 1. The van der Waals surface area contributed by atoms with Crippen molar-refractivity contribution >= 4 is 0 Å². The van der Waals surface area contributed by atoms with E-state index in [0.29, 0.717) is 11.5 Å². The summed E-state index contributed by atoms with van der Waals surface area (Å²) in [5.41, 5.74) is 5.87. The molecule has 0 aromatic heterocycles. The topological polar surface area (TPSA) is 26.0 Å². The predicted octanol–water partition coefficient (Wildman–Crippen LogP) is 3.03. The van der Waals surface area contributed by atoms with Crippen LogP contribution < -0.4 is 5.73 Å². The van der Waals surface area contributed by atoms with E-state index in [9.17, 15) is 4.39 Å². The zero-order valence-electron chi connectivity index (χ0n) is 9.76. The molecule has 0 radical (unpaired) electrons. The van der Waals surface area contributed by atoms with E-state index in [4.69, 9.17) is 5.73 Å². The zero-order valence-corrected chi connectivity index (χ0v) is 9.76. The van der Waals surface area contributed by atoms with Crippen molar-refractivity contribution < 1.29 is 4.39 Å². The third kappa shape index (κ3) is 3.31. The van der Waals surface area contributed by atoms with Gasteiger partial charge >= 0.3 is 0 Å². The molecule has 15 heavy (non-hydrogen) atoms. The fourth-order valence-electron chi connectivity index (χ4n) is 1.61. The highest BCUT2D eigenvalue weighted by molar-refractivity contribution is 5.28. The minimum atomic E-state index is -1.41. The molecule has 0 heterocycles. The number of nitrogens with two attached hydrogens (primary N) is 1. The molecule has 1 unspecified atom stereocenters. The van der Waals surface area contributed by atoms with Crippen LogP contribution in [-0.2, 0) is 12.1 Å². The highest BCUT2D eigenvalue weighted by Crippen LogP contribution is 2.25. The van der Waals surface area contributed by atoms with Crippen LogP contribution in [0.1, 0.15) is 31.9 Å². The van der Waals surface area contributed by atoms with E-state index in [2.05, 4.69) is 13.8 Å². The Hall–Kier alpha value is -0.890. The van der Waals surface area contributed by atoms with Crippen LogP contribution >= 0.6 is 0 Å². The van der Waals surface area contributed by atoms with Crippen LogP contribution in [0.25, 0.3) is 0 Å². The molecule has 0 saturated heterocycles. The summed E-state index contributed by atoms with van der Waals surface area (Å²) in [6.45, 7) is 5.87. The summed E-state index contributed by atoms with van der Waals surface area (Å²) in [6, 6.07) is 7.67. The Kier molecular flexibility index (Phi) is 3.86. The van der Waals surface area contributed by atoms with Crippen LogP contribution in [0.2, 0.25) is 0 Å². The predicted molar refractivity (Wildman–Crippen MR) is 62.5 cm³/mol. The maximum atomic E-state index is 13.9. The van der Waals surface area contributed by atoms with Crippen molar-refractivity contribution in [3.05, 3.63) is 35.4 Å². The lowest BCUT2D eigenvalue weighted by molar-refractivity contribution is 0.203. The lowest BCUT2D eigenvalue weighted by Crippen LogP contribution is -2.26. The number of alkyl halides is 1. The average Bonchev–Trinajstić information content (AvgIpc) is 2.17. The van der Waals surface area contributed by atoms with Gasteiger partial charge in [-0.15, -0.1) is 0 Å². The third-order valence-electron chi connectivity index (χ3n) is 2.56. The molecule has 0 aliphatic rings. The minimum Gasteiger partial charge on any atom is -0.327 e. The number of hydrogen-bond donors (Lipinski definition) is 1. The Morgan fingerprint density at radius 1 is 1.40 bits per heavy atom. The number of halogens is 1. The monoisotopic (exact) mass is 209 g/mol. The van der Waals surface area contributed by atoms with E-state index in [1.54, 1.807) is 6.07 Å². The first-order chi connectivity index (χ1) is 6.95. The van der Waals surface area contributed by atoms with E-state index in [1.165, 1.54) is 12.5 Å². The summed E-state index contributed by atoms with van der Waals surface area (Å²) < 4.78 is 13.9. The zero-order chi connectivity index (χ0) is 11.5. The van der Waals surface area contributed by atoms with Gasteiger partial charge in [0, 0.05) is 6.54 Å². The van der Waals surface area contributed by atoms with Gasteiger partial charge in [-0.3, -0.25) is 0 Å². The molecule has 2 N–H and O–H groups in total. The van der Waals surface area contributed by atoms with Crippen LogP contribution in [0.4, 0.5) is 4.39 Å². The molecule has 1 aromatic carbocycles. The summed E-state index contributed by atoms with van der Waals surface area (Å²) in [7, 11) is 0. The number of benzene rings is 1. The van der Waals surface area contributed by atoms with Crippen molar-refractivity contribution in [2.45, 2.75) is 32.9 Å². The molecular weight excluding hydrogens is 189 g/mol. The van der Waals surface area contributed by atoms with E-state index in [1.807, 2.05) is 18.2 Å². The molecule has 0 amide bonds. The largest absolute Gasteiger partial charge is 0.327 e. The number of rotatable bonds is 4. The SMILES string of the molecule is CC(C)Cc1cccc(C(C)(F)CN)c1. The second-order valence-electron chi connectivity index (χ2n) is 4.70. The maximum Gasteiger partial charge on any atom is 0.145 e. The van der Waals surface area contributed by atoms with Crippen LogP contribution in [-0.4, -0.2) is 6.54 Å². The molecule has 0 fully saturated rings. The Morgan fingerprint density at radius 2 is 2.07 bits per heavy atom. The molecule has 0 aliphatic carbocycles. The van der Waals surface area contributed by atoms with Crippen LogP contribution in [0.3, 0.4) is 0 Å². The van der Waals surface area contributed by atoms with Crippen molar-refractivity contribution in [1.82, 2.24) is 0 Å². The lowest BCUT2D eigenvalue weighted by atomic mass is 9.94. The molecule has 84 valence electrons. The molecule has 0 aliphatic heterocycles. The van der Waals surface area contributed by atoms with Gasteiger partial charge in [-0.25, -0.2) is 4.39 Å². The summed E-state index contributed by atoms with van der Waals surface area (Å²) >= 11 is 0. The minimum absolute atomic E-state index is 0.0259. The van der Waals surface area contributed by atoms with Crippen LogP contribution in [0.15, 0.2) is 24.3 Å². The highest BCUT2D eigenvalue weighted by Gasteiger charge is 2.23. The van der Waals surface area contributed by atoms with Crippen molar-refractivity contribution in [1.29, 1.82) is 0 Å². The molecule has 0 saturated carbocycles. The van der Waals surface area contributed by atoms with Crippen molar-refractivity contribution in [2.24, 2.45) is 11.7 Å².